The molecule has 0 spiro atoms. The van der Waals surface area contributed by atoms with Gasteiger partial charge in [0.25, 0.3) is 0 Å². The molecule has 0 aliphatic carbocycles. The van der Waals surface area contributed by atoms with Gasteiger partial charge in [0.2, 0.25) is 5.91 Å². The zero-order valence-electron chi connectivity index (χ0n) is 12.8. The molecule has 4 nitrogen and oxygen atoms in total. The predicted molar refractivity (Wildman–Crippen MR) is 80.9 cm³/mol. The molecule has 20 heavy (non-hydrogen) atoms. The summed E-state index contributed by atoms with van der Waals surface area (Å²) in [7, 11) is 1.60. The zero-order valence-corrected chi connectivity index (χ0v) is 12.8. The molecular formula is C16H24N2O2. The van der Waals surface area contributed by atoms with E-state index in [1.165, 1.54) is 5.56 Å². The Morgan fingerprint density at radius 1 is 1.20 bits per heavy atom. The predicted octanol–water partition coefficient (Wildman–Crippen LogP) is 1.89. The number of hydrogen-bond donors (Lipinski definition) is 1. The Hall–Kier alpha value is -1.68. The van der Waals surface area contributed by atoms with Gasteiger partial charge in [0.15, 0.2) is 5.78 Å². The largest absolute Gasteiger partial charge is 0.358 e. The van der Waals surface area contributed by atoms with Crippen LogP contribution in [-0.4, -0.2) is 42.8 Å². The number of amides is 1. The Morgan fingerprint density at radius 2 is 1.80 bits per heavy atom. The van der Waals surface area contributed by atoms with Gasteiger partial charge in [-0.3, -0.25) is 14.5 Å². The van der Waals surface area contributed by atoms with E-state index >= 15 is 0 Å². The summed E-state index contributed by atoms with van der Waals surface area (Å²) < 4.78 is 0. The number of rotatable bonds is 7. The van der Waals surface area contributed by atoms with E-state index < -0.39 is 0 Å². The molecule has 1 amide bonds. The third-order valence-corrected chi connectivity index (χ3v) is 3.61. The second-order valence-electron chi connectivity index (χ2n) is 4.83. The van der Waals surface area contributed by atoms with E-state index in [0.717, 1.165) is 6.42 Å². The van der Waals surface area contributed by atoms with Gasteiger partial charge >= 0.3 is 0 Å². The number of hydrogen-bond acceptors (Lipinski definition) is 3. The van der Waals surface area contributed by atoms with E-state index in [0.29, 0.717) is 12.1 Å². The smallest absolute Gasteiger partial charge is 0.233 e. The number of nitrogens with one attached hydrogen (secondary N) is 1. The highest BCUT2D eigenvalue weighted by Crippen LogP contribution is 2.11. The van der Waals surface area contributed by atoms with Crippen molar-refractivity contribution in [2.24, 2.45) is 0 Å². The third-order valence-electron chi connectivity index (χ3n) is 3.61. The second-order valence-corrected chi connectivity index (χ2v) is 4.83. The van der Waals surface area contributed by atoms with Gasteiger partial charge in [-0.25, -0.2) is 0 Å². The normalized spacial score (nSPS) is 12.2. The molecule has 1 aromatic carbocycles. The van der Waals surface area contributed by atoms with Gasteiger partial charge in [0.1, 0.15) is 0 Å². The van der Waals surface area contributed by atoms with Crippen LogP contribution in [0.15, 0.2) is 24.3 Å². The summed E-state index contributed by atoms with van der Waals surface area (Å²) in [6.07, 6.45) is 0.960. The van der Waals surface area contributed by atoms with Crippen molar-refractivity contribution in [3.63, 3.8) is 0 Å². The highest BCUT2D eigenvalue weighted by Gasteiger charge is 2.22. The van der Waals surface area contributed by atoms with Crippen molar-refractivity contribution in [3.05, 3.63) is 35.4 Å². The SMILES string of the molecule is CCc1ccc(C(=O)C(C)N(CC)CC(=O)NC)cc1. The van der Waals surface area contributed by atoms with E-state index in [2.05, 4.69) is 12.2 Å². The summed E-state index contributed by atoms with van der Waals surface area (Å²) in [5, 5.41) is 2.59. The van der Waals surface area contributed by atoms with Crippen LogP contribution < -0.4 is 5.32 Å². The number of nitrogens with zero attached hydrogens (tertiary/aromatic N) is 1. The van der Waals surface area contributed by atoms with Crippen LogP contribution in [0, 0.1) is 0 Å². The lowest BCUT2D eigenvalue weighted by Gasteiger charge is -2.25. The topological polar surface area (TPSA) is 49.4 Å². The van der Waals surface area contributed by atoms with Gasteiger partial charge in [-0.2, -0.15) is 0 Å². The lowest BCUT2D eigenvalue weighted by atomic mass is 10.0. The Bertz CT molecular complexity index is 454. The fraction of sp³-hybridized carbons (Fsp3) is 0.500. The number of aryl methyl sites for hydroxylation is 1. The maximum atomic E-state index is 12.4. The van der Waals surface area contributed by atoms with E-state index in [1.807, 2.05) is 43.0 Å². The van der Waals surface area contributed by atoms with Crippen LogP contribution in [0.4, 0.5) is 0 Å². The minimum absolute atomic E-state index is 0.0541. The minimum Gasteiger partial charge on any atom is -0.358 e. The van der Waals surface area contributed by atoms with Gasteiger partial charge < -0.3 is 5.32 Å². The molecular weight excluding hydrogens is 252 g/mol. The fourth-order valence-corrected chi connectivity index (χ4v) is 2.10. The lowest BCUT2D eigenvalue weighted by molar-refractivity contribution is -0.121. The number of Topliss-reactive ketones (excluding diaryl/α,β-unsaturated/α-hetero) is 1. The molecule has 1 rings (SSSR count). The van der Waals surface area contributed by atoms with Crippen molar-refractivity contribution in [3.8, 4) is 0 Å². The Morgan fingerprint density at radius 3 is 2.25 bits per heavy atom. The van der Waals surface area contributed by atoms with Crippen LogP contribution in [0.25, 0.3) is 0 Å². The summed E-state index contributed by atoms with van der Waals surface area (Å²) in [6.45, 7) is 6.79. The molecule has 1 atom stereocenters. The third kappa shape index (κ3) is 4.17. The van der Waals surface area contributed by atoms with Crippen LogP contribution in [0.1, 0.15) is 36.7 Å². The Kier molecular flexibility index (Phi) is 6.39. The molecule has 0 saturated heterocycles. The molecule has 0 bridgehead atoms. The van der Waals surface area contributed by atoms with Gasteiger partial charge in [-0.15, -0.1) is 0 Å². The summed E-state index contributed by atoms with van der Waals surface area (Å²) >= 11 is 0. The van der Waals surface area contributed by atoms with Crippen molar-refractivity contribution >= 4 is 11.7 Å². The summed E-state index contributed by atoms with van der Waals surface area (Å²) in [5.41, 5.74) is 1.91. The van der Waals surface area contributed by atoms with Crippen molar-refractivity contribution in [1.82, 2.24) is 10.2 Å². The molecule has 0 heterocycles. The second kappa shape index (κ2) is 7.80. The van der Waals surface area contributed by atoms with E-state index in [-0.39, 0.29) is 24.3 Å². The number of carbonyl (C=O) groups excluding carboxylic acids is 2. The first kappa shape index (κ1) is 16.4. The van der Waals surface area contributed by atoms with Crippen molar-refractivity contribution < 1.29 is 9.59 Å². The lowest BCUT2D eigenvalue weighted by Crippen LogP contribution is -2.44. The molecule has 0 radical (unpaired) electrons. The van der Waals surface area contributed by atoms with E-state index in [1.54, 1.807) is 7.05 Å². The van der Waals surface area contributed by atoms with E-state index in [9.17, 15) is 9.59 Å². The first-order valence-electron chi connectivity index (χ1n) is 7.11. The van der Waals surface area contributed by atoms with Crippen molar-refractivity contribution in [2.75, 3.05) is 20.1 Å². The summed E-state index contributed by atoms with van der Waals surface area (Å²) in [5.74, 6) is -0.0220. The molecule has 1 N–H and O–H groups in total. The van der Waals surface area contributed by atoms with Crippen molar-refractivity contribution in [1.29, 1.82) is 0 Å². The van der Waals surface area contributed by atoms with Gasteiger partial charge in [0.05, 0.1) is 12.6 Å². The van der Waals surface area contributed by atoms with Crippen LogP contribution in [0.5, 0.6) is 0 Å². The average Bonchev–Trinajstić information content (AvgIpc) is 2.50. The molecule has 1 aromatic rings. The molecule has 0 aliphatic rings. The van der Waals surface area contributed by atoms with Crippen LogP contribution >= 0.6 is 0 Å². The van der Waals surface area contributed by atoms with Crippen LogP contribution in [0.2, 0.25) is 0 Å². The monoisotopic (exact) mass is 276 g/mol. The number of benzene rings is 1. The van der Waals surface area contributed by atoms with Crippen LogP contribution in [-0.2, 0) is 11.2 Å². The average molecular weight is 276 g/mol. The molecule has 1 unspecified atom stereocenters. The first-order chi connectivity index (χ1) is 9.53. The molecule has 0 aromatic heterocycles. The molecule has 110 valence electrons. The summed E-state index contributed by atoms with van der Waals surface area (Å²) in [6, 6.07) is 7.39. The first-order valence-corrected chi connectivity index (χ1v) is 7.11. The number of ketones is 1. The molecule has 0 aliphatic heterocycles. The van der Waals surface area contributed by atoms with Gasteiger partial charge in [-0.05, 0) is 25.5 Å². The number of carbonyl (C=O) groups is 2. The zero-order chi connectivity index (χ0) is 15.1. The molecule has 0 fully saturated rings. The minimum atomic E-state index is -0.301. The molecule has 4 heteroatoms. The van der Waals surface area contributed by atoms with Gasteiger partial charge in [0, 0.05) is 12.6 Å². The highest BCUT2D eigenvalue weighted by atomic mass is 16.2. The van der Waals surface area contributed by atoms with Crippen molar-refractivity contribution in [2.45, 2.75) is 33.2 Å². The highest BCUT2D eigenvalue weighted by molar-refractivity contribution is 6.00. The maximum Gasteiger partial charge on any atom is 0.233 e. The van der Waals surface area contributed by atoms with E-state index in [4.69, 9.17) is 0 Å². The van der Waals surface area contributed by atoms with Gasteiger partial charge in [-0.1, -0.05) is 38.1 Å². The Labute approximate surface area is 121 Å². The van der Waals surface area contributed by atoms with Crippen LogP contribution in [0.3, 0.4) is 0 Å². The summed E-state index contributed by atoms with van der Waals surface area (Å²) in [4.78, 5) is 25.8. The quantitative estimate of drug-likeness (QED) is 0.774. The Balaban J connectivity index is 2.79. The number of likely N-dealkylation sites (N-methyl/N-ethyl adjacent to an activating group) is 2. The molecule has 0 saturated carbocycles. The standard InChI is InChI=1S/C16H24N2O2/c1-5-13-7-9-14(10-8-13)16(20)12(3)18(6-2)11-15(19)17-4/h7-10,12H,5-6,11H2,1-4H3,(H,17,19). The maximum absolute atomic E-state index is 12.4. The fourth-order valence-electron chi connectivity index (χ4n) is 2.10.